The number of pyridine rings is 1. The second-order valence-corrected chi connectivity index (χ2v) is 7.08. The van der Waals surface area contributed by atoms with E-state index in [1.54, 1.807) is 28.5 Å². The summed E-state index contributed by atoms with van der Waals surface area (Å²) in [5.41, 5.74) is 2.67. The Labute approximate surface area is 144 Å². The SMILES string of the molecule is O=C(c1ccnc2cc(-c3ccccc3)sc12)N1CCC[C@@H]1CO. The molecule has 4 nitrogen and oxygen atoms in total. The first-order chi connectivity index (χ1) is 11.8. The third-order valence-corrected chi connectivity index (χ3v) is 5.76. The molecular weight excluding hydrogens is 320 g/mol. The maximum Gasteiger partial charge on any atom is 0.255 e. The Kier molecular flexibility index (Phi) is 4.04. The molecular formula is C19H18N2O2S. The molecule has 1 aliphatic heterocycles. The van der Waals surface area contributed by atoms with E-state index < -0.39 is 0 Å². The van der Waals surface area contributed by atoms with Crippen LogP contribution in [-0.2, 0) is 0 Å². The Morgan fingerprint density at radius 2 is 2.12 bits per heavy atom. The maximum absolute atomic E-state index is 13.0. The summed E-state index contributed by atoms with van der Waals surface area (Å²) in [6.07, 6.45) is 3.52. The Bertz CT molecular complexity index is 875. The van der Waals surface area contributed by atoms with Crippen LogP contribution in [0.2, 0.25) is 0 Å². The number of hydrogen-bond donors (Lipinski definition) is 1. The number of carbonyl (C=O) groups excluding carboxylic acids is 1. The van der Waals surface area contributed by atoms with E-state index in [4.69, 9.17) is 0 Å². The van der Waals surface area contributed by atoms with Gasteiger partial charge in [-0.3, -0.25) is 9.78 Å². The van der Waals surface area contributed by atoms with Crippen LogP contribution in [0.15, 0.2) is 48.7 Å². The van der Waals surface area contributed by atoms with Crippen molar-refractivity contribution in [2.24, 2.45) is 0 Å². The van der Waals surface area contributed by atoms with Gasteiger partial charge in [0.1, 0.15) is 0 Å². The van der Waals surface area contributed by atoms with Gasteiger partial charge in [-0.05, 0) is 30.5 Å². The first kappa shape index (κ1) is 15.3. The molecule has 24 heavy (non-hydrogen) atoms. The van der Waals surface area contributed by atoms with Crippen LogP contribution in [-0.4, -0.2) is 40.1 Å². The molecule has 1 aliphatic rings. The van der Waals surface area contributed by atoms with E-state index in [9.17, 15) is 9.90 Å². The van der Waals surface area contributed by atoms with Crippen molar-refractivity contribution in [1.29, 1.82) is 0 Å². The molecule has 122 valence electrons. The number of hydrogen-bond acceptors (Lipinski definition) is 4. The Balaban J connectivity index is 1.76. The molecule has 1 amide bonds. The monoisotopic (exact) mass is 338 g/mol. The molecule has 0 radical (unpaired) electrons. The number of thiophene rings is 1. The van der Waals surface area contributed by atoms with Crippen molar-refractivity contribution in [2.75, 3.05) is 13.2 Å². The van der Waals surface area contributed by atoms with Crippen molar-refractivity contribution in [1.82, 2.24) is 9.88 Å². The van der Waals surface area contributed by atoms with E-state index in [0.29, 0.717) is 12.1 Å². The largest absolute Gasteiger partial charge is 0.394 e. The van der Waals surface area contributed by atoms with Crippen LogP contribution in [0.3, 0.4) is 0 Å². The highest BCUT2D eigenvalue weighted by molar-refractivity contribution is 7.22. The highest BCUT2D eigenvalue weighted by atomic mass is 32.1. The Morgan fingerprint density at radius 3 is 2.92 bits per heavy atom. The zero-order chi connectivity index (χ0) is 16.5. The van der Waals surface area contributed by atoms with E-state index in [1.807, 2.05) is 24.3 Å². The summed E-state index contributed by atoms with van der Waals surface area (Å²) in [7, 11) is 0. The second kappa shape index (κ2) is 6.34. The molecule has 1 atom stereocenters. The molecule has 3 heterocycles. The van der Waals surface area contributed by atoms with Gasteiger partial charge in [-0.25, -0.2) is 0 Å². The van der Waals surface area contributed by atoms with Crippen LogP contribution in [0.25, 0.3) is 20.7 Å². The fourth-order valence-electron chi connectivity index (χ4n) is 3.30. The number of amides is 1. The number of carbonyl (C=O) groups is 1. The number of fused-ring (bicyclic) bond motifs is 1. The van der Waals surface area contributed by atoms with E-state index in [0.717, 1.165) is 33.5 Å². The lowest BCUT2D eigenvalue weighted by Crippen LogP contribution is -2.37. The number of likely N-dealkylation sites (tertiary alicyclic amines) is 1. The number of aliphatic hydroxyl groups is 1. The summed E-state index contributed by atoms with van der Waals surface area (Å²) in [6.45, 7) is 0.741. The minimum Gasteiger partial charge on any atom is -0.394 e. The third-order valence-electron chi connectivity index (χ3n) is 4.55. The van der Waals surface area contributed by atoms with Crippen molar-refractivity contribution in [3.05, 3.63) is 54.2 Å². The molecule has 1 saturated heterocycles. The summed E-state index contributed by atoms with van der Waals surface area (Å²) in [5.74, 6) is 0.000381. The molecule has 4 rings (SSSR count). The van der Waals surface area contributed by atoms with Crippen LogP contribution in [0.5, 0.6) is 0 Å². The molecule has 1 fully saturated rings. The standard InChI is InChI=1S/C19H18N2O2S/c22-12-14-7-4-10-21(14)19(23)15-8-9-20-16-11-17(24-18(15)16)13-5-2-1-3-6-13/h1-3,5-6,8-9,11,14,22H,4,7,10,12H2/t14-/m1/s1. The minimum atomic E-state index is -0.0609. The van der Waals surface area contributed by atoms with Crippen LogP contribution in [0.4, 0.5) is 0 Å². The van der Waals surface area contributed by atoms with Gasteiger partial charge < -0.3 is 10.0 Å². The van der Waals surface area contributed by atoms with Crippen molar-refractivity contribution in [3.8, 4) is 10.4 Å². The molecule has 0 unspecified atom stereocenters. The summed E-state index contributed by atoms with van der Waals surface area (Å²) in [5, 5.41) is 9.49. The highest BCUT2D eigenvalue weighted by Gasteiger charge is 2.30. The Morgan fingerprint density at radius 1 is 1.29 bits per heavy atom. The van der Waals surface area contributed by atoms with Gasteiger partial charge in [0.25, 0.3) is 5.91 Å². The maximum atomic E-state index is 13.0. The second-order valence-electron chi connectivity index (χ2n) is 6.03. The molecule has 5 heteroatoms. The number of benzene rings is 1. The van der Waals surface area contributed by atoms with Crippen LogP contribution in [0, 0.1) is 0 Å². The number of rotatable bonds is 3. The lowest BCUT2D eigenvalue weighted by molar-refractivity contribution is 0.0679. The third kappa shape index (κ3) is 2.60. The average molecular weight is 338 g/mol. The fourth-order valence-corrected chi connectivity index (χ4v) is 4.42. The molecule has 0 spiro atoms. The van der Waals surface area contributed by atoms with Crippen molar-refractivity contribution in [3.63, 3.8) is 0 Å². The lowest BCUT2D eigenvalue weighted by Gasteiger charge is -2.23. The van der Waals surface area contributed by atoms with Crippen LogP contribution < -0.4 is 0 Å². The van der Waals surface area contributed by atoms with Gasteiger partial charge in [-0.15, -0.1) is 11.3 Å². The van der Waals surface area contributed by atoms with Crippen LogP contribution >= 0.6 is 11.3 Å². The van der Waals surface area contributed by atoms with Gasteiger partial charge in [0.05, 0.1) is 28.4 Å². The zero-order valence-corrected chi connectivity index (χ0v) is 14.0. The smallest absolute Gasteiger partial charge is 0.255 e. The number of aromatic nitrogens is 1. The lowest BCUT2D eigenvalue weighted by atomic mass is 10.1. The van der Waals surface area contributed by atoms with Gasteiger partial charge in [-0.1, -0.05) is 30.3 Å². The van der Waals surface area contributed by atoms with Crippen molar-refractivity contribution >= 4 is 27.5 Å². The first-order valence-corrected chi connectivity index (χ1v) is 8.95. The first-order valence-electron chi connectivity index (χ1n) is 8.13. The van der Waals surface area contributed by atoms with E-state index in [2.05, 4.69) is 17.1 Å². The van der Waals surface area contributed by atoms with E-state index in [-0.39, 0.29) is 18.6 Å². The molecule has 3 aromatic rings. The van der Waals surface area contributed by atoms with Gasteiger partial charge >= 0.3 is 0 Å². The summed E-state index contributed by atoms with van der Waals surface area (Å²) in [6, 6.07) is 13.9. The highest BCUT2D eigenvalue weighted by Crippen LogP contribution is 2.35. The molecule has 0 saturated carbocycles. The topological polar surface area (TPSA) is 53.4 Å². The molecule has 1 aromatic carbocycles. The summed E-state index contributed by atoms with van der Waals surface area (Å²) < 4.78 is 0.921. The van der Waals surface area contributed by atoms with E-state index in [1.165, 1.54) is 0 Å². The fraction of sp³-hybridized carbons (Fsp3) is 0.263. The molecule has 2 aromatic heterocycles. The summed E-state index contributed by atoms with van der Waals surface area (Å²) in [4.78, 5) is 20.3. The number of nitrogens with zero attached hydrogens (tertiary/aromatic N) is 2. The molecule has 0 bridgehead atoms. The minimum absolute atomic E-state index is 0.000381. The van der Waals surface area contributed by atoms with Crippen molar-refractivity contribution < 1.29 is 9.90 Å². The predicted molar refractivity (Wildman–Crippen MR) is 96.2 cm³/mol. The Hall–Kier alpha value is -2.24. The average Bonchev–Trinajstić information content (AvgIpc) is 3.28. The number of aliphatic hydroxyl groups excluding tert-OH is 1. The zero-order valence-electron chi connectivity index (χ0n) is 13.2. The quantitative estimate of drug-likeness (QED) is 0.794. The van der Waals surface area contributed by atoms with Crippen molar-refractivity contribution in [2.45, 2.75) is 18.9 Å². The van der Waals surface area contributed by atoms with Gasteiger partial charge in [0.15, 0.2) is 0 Å². The molecule has 1 N–H and O–H groups in total. The predicted octanol–water partition coefficient (Wildman–Crippen LogP) is 3.56. The van der Waals surface area contributed by atoms with E-state index >= 15 is 0 Å². The normalized spacial score (nSPS) is 17.5. The summed E-state index contributed by atoms with van der Waals surface area (Å²) >= 11 is 1.60. The van der Waals surface area contributed by atoms with Crippen LogP contribution in [0.1, 0.15) is 23.2 Å². The van der Waals surface area contributed by atoms with Gasteiger partial charge in [0, 0.05) is 17.6 Å². The van der Waals surface area contributed by atoms with Gasteiger partial charge in [0.2, 0.25) is 0 Å². The van der Waals surface area contributed by atoms with Gasteiger partial charge in [-0.2, -0.15) is 0 Å². The molecule has 0 aliphatic carbocycles.